The molecule has 0 nitrogen and oxygen atoms in total. The van der Waals surface area contributed by atoms with Crippen molar-refractivity contribution in [3.05, 3.63) is 66.8 Å². The third-order valence-electron chi connectivity index (χ3n) is 2.63. The summed E-state index contributed by atoms with van der Waals surface area (Å²) < 4.78 is 0. The Kier molecular flexibility index (Phi) is 5.22. The smallest absolute Gasteiger partial charge is 0.00910 e. The molecule has 1 unspecified atom stereocenters. The Morgan fingerprint density at radius 2 is 1.44 bits per heavy atom. The second kappa shape index (κ2) is 6.45. The maximum atomic E-state index is 3.83. The second-order valence-electron chi connectivity index (χ2n) is 3.75. The van der Waals surface area contributed by atoms with Crippen molar-refractivity contribution in [1.82, 2.24) is 0 Å². The van der Waals surface area contributed by atoms with Gasteiger partial charge < -0.3 is 0 Å². The third-order valence-corrected chi connectivity index (χ3v) is 3.17. The molecule has 0 bridgehead atoms. The van der Waals surface area contributed by atoms with Crippen molar-refractivity contribution in [2.24, 2.45) is 0 Å². The molecule has 0 saturated carbocycles. The van der Waals surface area contributed by atoms with E-state index in [0.29, 0.717) is 0 Å². The van der Waals surface area contributed by atoms with Crippen molar-refractivity contribution >= 4 is 14.5 Å². The van der Waals surface area contributed by atoms with Gasteiger partial charge in [-0.25, -0.2) is 0 Å². The monoisotopic (exact) mass is 230 g/mol. The summed E-state index contributed by atoms with van der Waals surface area (Å²) in [6.07, 6.45) is 8.59. The molecule has 0 aliphatic heterocycles. The molecular formula is C15H19P. The molecule has 0 aliphatic rings. The molecule has 0 spiro atoms. The predicted molar refractivity (Wildman–Crippen MR) is 77.5 cm³/mol. The summed E-state index contributed by atoms with van der Waals surface area (Å²) in [5, 5.41) is 1.25. The summed E-state index contributed by atoms with van der Waals surface area (Å²) in [6, 6.07) is 4.32. The van der Waals surface area contributed by atoms with E-state index < -0.39 is 0 Å². The van der Waals surface area contributed by atoms with Crippen LogP contribution in [0.4, 0.5) is 0 Å². The fraction of sp³-hybridized carbons (Fsp3) is 0.200. The minimum atomic E-state index is 0.910. The highest BCUT2D eigenvalue weighted by molar-refractivity contribution is 7.27. The molecule has 1 atom stereocenters. The number of rotatable bonds is 6. The van der Waals surface area contributed by atoms with E-state index in [-0.39, 0.29) is 0 Å². The molecule has 0 heterocycles. The van der Waals surface area contributed by atoms with Crippen LogP contribution in [0.5, 0.6) is 0 Å². The van der Waals surface area contributed by atoms with Gasteiger partial charge >= 0.3 is 0 Å². The van der Waals surface area contributed by atoms with Gasteiger partial charge in [0, 0.05) is 0 Å². The fourth-order valence-electron chi connectivity index (χ4n) is 1.89. The lowest BCUT2D eigenvalue weighted by Gasteiger charge is -2.14. The first-order valence-electron chi connectivity index (χ1n) is 5.46. The average Bonchev–Trinajstić information content (AvgIpc) is 2.27. The lowest BCUT2D eigenvalue weighted by atomic mass is 9.94. The molecule has 84 valence electrons. The van der Waals surface area contributed by atoms with Gasteiger partial charge in [0.15, 0.2) is 0 Å². The Morgan fingerprint density at radius 3 is 2.00 bits per heavy atom. The zero-order chi connectivity index (χ0) is 12.0. The standard InChI is InChI=1S/C15H19P/c1-4-7-12-10-11-15(16)14(9-6-3)13(12)8-5-2/h4-6,10-11H,1-3,7-9,16H2. The van der Waals surface area contributed by atoms with E-state index in [1.54, 1.807) is 0 Å². The number of allylic oxidation sites excluding steroid dienone is 3. The number of hydrogen-bond donors (Lipinski definition) is 0. The van der Waals surface area contributed by atoms with Gasteiger partial charge in [0.25, 0.3) is 0 Å². The molecule has 0 fully saturated rings. The van der Waals surface area contributed by atoms with Crippen LogP contribution in [-0.4, -0.2) is 0 Å². The summed E-state index contributed by atoms with van der Waals surface area (Å²) in [5.74, 6) is 0. The van der Waals surface area contributed by atoms with E-state index in [4.69, 9.17) is 0 Å². The minimum absolute atomic E-state index is 0.910. The van der Waals surface area contributed by atoms with E-state index in [2.05, 4.69) is 41.1 Å². The second-order valence-corrected chi connectivity index (χ2v) is 4.37. The summed E-state index contributed by atoms with van der Waals surface area (Å²) >= 11 is 0. The predicted octanol–water partition coefficient (Wildman–Crippen LogP) is 3.37. The molecule has 0 N–H and O–H groups in total. The first-order chi connectivity index (χ1) is 7.74. The van der Waals surface area contributed by atoms with Crippen molar-refractivity contribution in [3.8, 4) is 0 Å². The molecule has 0 aromatic heterocycles. The van der Waals surface area contributed by atoms with Crippen molar-refractivity contribution in [2.45, 2.75) is 19.3 Å². The molecule has 0 saturated heterocycles. The van der Waals surface area contributed by atoms with Gasteiger partial charge in [-0.2, -0.15) is 0 Å². The quantitative estimate of drug-likeness (QED) is 0.519. The molecule has 1 rings (SSSR count). The summed E-state index contributed by atoms with van der Waals surface area (Å²) in [5.41, 5.74) is 4.08. The van der Waals surface area contributed by atoms with Gasteiger partial charge in [0.2, 0.25) is 0 Å². The largest absolute Gasteiger partial charge is 0.105 e. The lowest BCUT2D eigenvalue weighted by molar-refractivity contribution is 1.10. The van der Waals surface area contributed by atoms with Crippen molar-refractivity contribution in [1.29, 1.82) is 0 Å². The zero-order valence-corrected chi connectivity index (χ0v) is 10.9. The molecule has 0 radical (unpaired) electrons. The van der Waals surface area contributed by atoms with Crippen molar-refractivity contribution in [3.63, 3.8) is 0 Å². The van der Waals surface area contributed by atoms with Crippen molar-refractivity contribution < 1.29 is 0 Å². The van der Waals surface area contributed by atoms with Gasteiger partial charge in [0.1, 0.15) is 0 Å². The van der Waals surface area contributed by atoms with Crippen molar-refractivity contribution in [2.75, 3.05) is 0 Å². The SMILES string of the molecule is C=CCc1ccc(P)c(CC=C)c1CC=C. The zero-order valence-electron chi connectivity index (χ0n) is 9.71. The third kappa shape index (κ3) is 2.93. The maximum absolute atomic E-state index is 3.83. The van der Waals surface area contributed by atoms with E-state index in [0.717, 1.165) is 19.3 Å². The van der Waals surface area contributed by atoms with E-state index in [9.17, 15) is 0 Å². The number of benzene rings is 1. The molecule has 1 heteroatoms. The molecule has 1 aromatic rings. The van der Waals surface area contributed by atoms with Crippen LogP contribution < -0.4 is 5.30 Å². The van der Waals surface area contributed by atoms with Crippen LogP contribution in [0.1, 0.15) is 16.7 Å². The van der Waals surface area contributed by atoms with E-state index in [1.807, 2.05) is 18.2 Å². The van der Waals surface area contributed by atoms with Crippen LogP contribution in [0.15, 0.2) is 50.1 Å². The van der Waals surface area contributed by atoms with Crippen LogP contribution in [0.3, 0.4) is 0 Å². The van der Waals surface area contributed by atoms with Crippen LogP contribution in [0, 0.1) is 0 Å². The fourth-order valence-corrected chi connectivity index (χ4v) is 2.28. The first kappa shape index (κ1) is 12.9. The van der Waals surface area contributed by atoms with Gasteiger partial charge in [0.05, 0.1) is 0 Å². The highest BCUT2D eigenvalue weighted by Gasteiger charge is 2.08. The molecular weight excluding hydrogens is 211 g/mol. The van der Waals surface area contributed by atoms with E-state index >= 15 is 0 Å². The average molecular weight is 230 g/mol. The van der Waals surface area contributed by atoms with Gasteiger partial charge in [-0.15, -0.1) is 29.0 Å². The summed E-state index contributed by atoms with van der Waals surface area (Å²) in [6.45, 7) is 11.5. The first-order valence-corrected chi connectivity index (χ1v) is 6.04. The van der Waals surface area contributed by atoms with Crippen LogP contribution in [0.2, 0.25) is 0 Å². The topological polar surface area (TPSA) is 0 Å². The minimum Gasteiger partial charge on any atom is -0.105 e. The van der Waals surface area contributed by atoms with Gasteiger partial charge in [-0.05, 0) is 41.3 Å². The molecule has 1 aromatic carbocycles. The number of hydrogen-bond acceptors (Lipinski definition) is 0. The van der Waals surface area contributed by atoms with Crippen LogP contribution in [0.25, 0.3) is 0 Å². The van der Waals surface area contributed by atoms with Crippen LogP contribution in [-0.2, 0) is 19.3 Å². The molecule has 16 heavy (non-hydrogen) atoms. The van der Waals surface area contributed by atoms with E-state index in [1.165, 1.54) is 22.0 Å². The normalized spacial score (nSPS) is 9.81. The van der Waals surface area contributed by atoms with Crippen LogP contribution >= 0.6 is 9.24 Å². The summed E-state index contributed by atoms with van der Waals surface area (Å²) in [4.78, 5) is 0. The Balaban J connectivity index is 3.28. The Morgan fingerprint density at radius 1 is 0.875 bits per heavy atom. The Hall–Kier alpha value is -1.13. The molecule has 0 aliphatic carbocycles. The van der Waals surface area contributed by atoms with Gasteiger partial charge in [-0.1, -0.05) is 30.4 Å². The highest BCUT2D eigenvalue weighted by atomic mass is 31.0. The Bertz CT molecular complexity index is 402. The highest BCUT2D eigenvalue weighted by Crippen LogP contribution is 2.18. The lowest BCUT2D eigenvalue weighted by Crippen LogP contribution is -2.08. The van der Waals surface area contributed by atoms with Gasteiger partial charge in [-0.3, -0.25) is 0 Å². The summed E-state index contributed by atoms with van der Waals surface area (Å²) in [7, 11) is 2.80. The Labute approximate surface area is 101 Å². The maximum Gasteiger partial charge on any atom is -0.00910 e. The molecule has 0 amide bonds.